The molecule has 3 nitrogen and oxygen atoms in total. The van der Waals surface area contributed by atoms with E-state index in [1.54, 1.807) is 7.11 Å². The third kappa shape index (κ3) is 8.41. The lowest BCUT2D eigenvalue weighted by Crippen LogP contribution is -2.55. The molecule has 0 aromatic rings. The average Bonchev–Trinajstić information content (AvgIpc) is 2.23. The second-order valence-corrected chi connectivity index (χ2v) is 18.4. The predicted molar refractivity (Wildman–Crippen MR) is 90.6 cm³/mol. The molecule has 0 aliphatic heterocycles. The van der Waals surface area contributed by atoms with Gasteiger partial charge in [-0.25, -0.2) is 0 Å². The Morgan fingerprint density at radius 2 is 1.32 bits per heavy atom. The summed E-state index contributed by atoms with van der Waals surface area (Å²) < 4.78 is 18.8. The molecule has 0 fully saturated rings. The average molecular weight is 323 g/mol. The minimum atomic E-state index is -2.09. The summed E-state index contributed by atoms with van der Waals surface area (Å²) in [6.07, 6.45) is 3.49. The van der Waals surface area contributed by atoms with E-state index in [1.807, 2.05) is 0 Å². The predicted octanol–water partition coefficient (Wildman–Crippen LogP) is 4.86. The molecule has 0 bridgehead atoms. The van der Waals surface area contributed by atoms with Gasteiger partial charge in [0.05, 0.1) is 0 Å². The molecule has 0 N–H and O–H groups in total. The Hall–Kier alpha value is 0.531. The Morgan fingerprint density at radius 1 is 0.737 bits per heavy atom. The van der Waals surface area contributed by atoms with E-state index >= 15 is 0 Å². The Bertz CT molecular complexity index is 258. The van der Waals surface area contributed by atoms with Gasteiger partial charge in [-0.05, 0) is 44.8 Å². The molecule has 0 radical (unpaired) electrons. The zero-order valence-electron chi connectivity index (χ0n) is 14.3. The van der Waals surface area contributed by atoms with Crippen LogP contribution < -0.4 is 0 Å². The molecule has 0 amide bonds. The van der Waals surface area contributed by atoms with Gasteiger partial charge in [-0.2, -0.15) is 0 Å². The van der Waals surface area contributed by atoms with E-state index in [-0.39, 0.29) is 0 Å². The van der Waals surface area contributed by atoms with E-state index in [2.05, 4.69) is 46.6 Å². The van der Waals surface area contributed by atoms with Crippen molar-refractivity contribution < 1.29 is 12.7 Å². The summed E-state index contributed by atoms with van der Waals surface area (Å²) in [7, 11) is -3.92. The summed E-state index contributed by atoms with van der Waals surface area (Å²) in [4.78, 5) is 0. The van der Waals surface area contributed by atoms with Crippen molar-refractivity contribution >= 4 is 25.4 Å². The maximum Gasteiger partial charge on any atom is 0.325 e. The second-order valence-electron chi connectivity index (χ2n) is 6.64. The molecular formula is C13H34O3Si3. The van der Waals surface area contributed by atoms with E-state index in [0.29, 0.717) is 0 Å². The van der Waals surface area contributed by atoms with E-state index < -0.39 is 25.4 Å². The molecule has 0 heterocycles. The highest BCUT2D eigenvalue weighted by Crippen LogP contribution is 2.28. The molecule has 0 aromatic carbocycles. The van der Waals surface area contributed by atoms with Crippen molar-refractivity contribution in [3.8, 4) is 0 Å². The summed E-state index contributed by atoms with van der Waals surface area (Å²) in [5.74, 6) is 0. The van der Waals surface area contributed by atoms with Crippen molar-refractivity contribution in [2.75, 3.05) is 7.11 Å². The van der Waals surface area contributed by atoms with Gasteiger partial charge in [0, 0.05) is 7.11 Å². The quantitative estimate of drug-likeness (QED) is 0.538. The fourth-order valence-electron chi connectivity index (χ4n) is 2.37. The van der Waals surface area contributed by atoms with Gasteiger partial charge in [-0.1, -0.05) is 33.1 Å². The Labute approximate surface area is 123 Å². The fraction of sp³-hybridized carbons (Fsp3) is 1.00. The van der Waals surface area contributed by atoms with Crippen LogP contribution in [0.25, 0.3) is 0 Å². The van der Waals surface area contributed by atoms with E-state index in [9.17, 15) is 0 Å². The summed E-state index contributed by atoms with van der Waals surface area (Å²) in [5, 5.41) is 0. The van der Waals surface area contributed by atoms with Crippen LogP contribution >= 0.6 is 0 Å². The highest BCUT2D eigenvalue weighted by molar-refractivity contribution is 6.86. The van der Waals surface area contributed by atoms with Crippen LogP contribution in [0.2, 0.25) is 44.8 Å². The summed E-state index contributed by atoms with van der Waals surface area (Å²) in [6.45, 7) is 15.6. The van der Waals surface area contributed by atoms with Crippen LogP contribution in [-0.2, 0) is 12.7 Å². The standard InChI is InChI=1S/C13H34O3Si3/c1-9-11-13-18(7,14-3)16-19(8,12-10-2)15-17(4,5)6/h9-13H2,1-8H3. The molecule has 0 saturated heterocycles. The van der Waals surface area contributed by atoms with Crippen molar-refractivity contribution in [3.63, 3.8) is 0 Å². The molecule has 0 spiro atoms. The Balaban J connectivity index is 4.87. The Morgan fingerprint density at radius 3 is 1.68 bits per heavy atom. The van der Waals surface area contributed by atoms with Crippen LogP contribution in [0.3, 0.4) is 0 Å². The fourth-order valence-corrected chi connectivity index (χ4v) is 15.4. The van der Waals surface area contributed by atoms with Crippen molar-refractivity contribution in [3.05, 3.63) is 0 Å². The first-order valence-corrected chi connectivity index (χ1v) is 16.0. The molecule has 19 heavy (non-hydrogen) atoms. The second kappa shape index (κ2) is 8.09. The maximum atomic E-state index is 6.56. The van der Waals surface area contributed by atoms with Crippen LogP contribution in [0.5, 0.6) is 0 Å². The number of hydrogen-bond donors (Lipinski definition) is 0. The lowest BCUT2D eigenvalue weighted by atomic mass is 10.4. The normalized spacial score (nSPS) is 18.9. The number of unbranched alkanes of at least 4 members (excludes halogenated alkanes) is 1. The molecule has 0 aliphatic rings. The summed E-state index contributed by atoms with van der Waals surface area (Å²) in [6, 6.07) is 2.14. The topological polar surface area (TPSA) is 27.7 Å². The molecular weight excluding hydrogens is 288 g/mol. The monoisotopic (exact) mass is 322 g/mol. The van der Waals surface area contributed by atoms with Crippen LogP contribution in [0.1, 0.15) is 33.1 Å². The van der Waals surface area contributed by atoms with Crippen LogP contribution in [0, 0.1) is 0 Å². The third-order valence-electron chi connectivity index (χ3n) is 3.07. The molecule has 2 unspecified atom stereocenters. The minimum Gasteiger partial charge on any atom is -0.437 e. The lowest BCUT2D eigenvalue weighted by molar-refractivity contribution is 0.267. The van der Waals surface area contributed by atoms with Gasteiger partial charge in [0.25, 0.3) is 0 Å². The van der Waals surface area contributed by atoms with Gasteiger partial charge < -0.3 is 12.7 Å². The van der Waals surface area contributed by atoms with Gasteiger partial charge in [-0.3, -0.25) is 0 Å². The van der Waals surface area contributed by atoms with Gasteiger partial charge in [0.15, 0.2) is 8.32 Å². The zero-order valence-corrected chi connectivity index (χ0v) is 17.3. The first-order valence-electron chi connectivity index (χ1n) is 7.55. The minimum absolute atomic E-state index is 1.06. The number of hydrogen-bond acceptors (Lipinski definition) is 3. The van der Waals surface area contributed by atoms with E-state index in [4.69, 9.17) is 12.7 Å². The van der Waals surface area contributed by atoms with Crippen molar-refractivity contribution in [1.82, 2.24) is 0 Å². The summed E-state index contributed by atoms with van der Waals surface area (Å²) in [5.41, 5.74) is 0. The lowest BCUT2D eigenvalue weighted by Gasteiger charge is -2.40. The van der Waals surface area contributed by atoms with Gasteiger partial charge >= 0.3 is 17.1 Å². The first-order chi connectivity index (χ1) is 8.60. The molecule has 6 heteroatoms. The van der Waals surface area contributed by atoms with E-state index in [1.165, 1.54) is 12.8 Å². The van der Waals surface area contributed by atoms with Crippen LogP contribution in [0.4, 0.5) is 0 Å². The molecule has 0 rings (SSSR count). The third-order valence-corrected chi connectivity index (χ3v) is 14.2. The molecule has 0 saturated carbocycles. The van der Waals surface area contributed by atoms with E-state index in [0.717, 1.165) is 18.5 Å². The molecule has 116 valence electrons. The van der Waals surface area contributed by atoms with Crippen LogP contribution in [-0.4, -0.2) is 32.5 Å². The Kier molecular flexibility index (Phi) is 8.32. The van der Waals surface area contributed by atoms with Crippen molar-refractivity contribution in [2.45, 2.75) is 77.9 Å². The SMILES string of the molecule is CCCC[Si](C)(OC)O[Si](C)(CCC)O[Si](C)(C)C. The molecule has 2 atom stereocenters. The largest absolute Gasteiger partial charge is 0.437 e. The molecule has 0 aliphatic carbocycles. The molecule has 0 aromatic heterocycles. The van der Waals surface area contributed by atoms with Gasteiger partial charge in [-0.15, -0.1) is 0 Å². The smallest absolute Gasteiger partial charge is 0.325 e. The van der Waals surface area contributed by atoms with Gasteiger partial charge in [0.2, 0.25) is 0 Å². The first kappa shape index (κ1) is 19.5. The maximum absolute atomic E-state index is 6.56. The van der Waals surface area contributed by atoms with Gasteiger partial charge in [0.1, 0.15) is 0 Å². The van der Waals surface area contributed by atoms with Crippen molar-refractivity contribution in [1.29, 1.82) is 0 Å². The number of rotatable bonds is 10. The zero-order chi connectivity index (χ0) is 15.2. The van der Waals surface area contributed by atoms with Crippen molar-refractivity contribution in [2.24, 2.45) is 0 Å². The highest BCUT2D eigenvalue weighted by atomic mass is 28.5. The van der Waals surface area contributed by atoms with Crippen LogP contribution in [0.15, 0.2) is 0 Å². The summed E-state index contributed by atoms with van der Waals surface area (Å²) >= 11 is 0. The highest BCUT2D eigenvalue weighted by Gasteiger charge is 2.43.